The van der Waals surface area contributed by atoms with E-state index in [0.717, 1.165) is 11.1 Å². The Kier molecular flexibility index (Phi) is 5.37. The third-order valence-electron chi connectivity index (χ3n) is 2.33. The van der Waals surface area contributed by atoms with Crippen LogP contribution in [0.1, 0.15) is 31.9 Å². The summed E-state index contributed by atoms with van der Waals surface area (Å²) in [6.45, 7) is 6.21. The van der Waals surface area contributed by atoms with Crippen LogP contribution in [-0.2, 0) is 17.8 Å². The Hall–Kier alpha value is -2.24. The van der Waals surface area contributed by atoms with Gasteiger partial charge in [-0.15, -0.1) is 0 Å². The van der Waals surface area contributed by atoms with Gasteiger partial charge in [0.2, 0.25) is 0 Å². The number of alkyl carbamates (subject to hydrolysis) is 1. The summed E-state index contributed by atoms with van der Waals surface area (Å²) in [4.78, 5) is 22.1. The summed E-state index contributed by atoms with van der Waals surface area (Å²) >= 11 is 0. The molecule has 6 heteroatoms. The van der Waals surface area contributed by atoms with Crippen molar-refractivity contribution in [2.45, 2.75) is 39.5 Å². The number of urea groups is 1. The summed E-state index contributed by atoms with van der Waals surface area (Å²) in [5.41, 5.74) is 6.36. The maximum Gasteiger partial charge on any atom is 0.407 e. The smallest absolute Gasteiger partial charge is 0.407 e. The Bertz CT molecular complexity index is 464. The van der Waals surface area contributed by atoms with Crippen molar-refractivity contribution in [3.63, 3.8) is 0 Å². The van der Waals surface area contributed by atoms with E-state index in [4.69, 9.17) is 10.5 Å². The van der Waals surface area contributed by atoms with Crippen molar-refractivity contribution in [1.82, 2.24) is 10.6 Å². The van der Waals surface area contributed by atoms with Gasteiger partial charge in [0, 0.05) is 13.1 Å². The van der Waals surface area contributed by atoms with Gasteiger partial charge in [0.05, 0.1) is 0 Å². The lowest BCUT2D eigenvalue weighted by Gasteiger charge is -2.19. The van der Waals surface area contributed by atoms with Gasteiger partial charge in [-0.25, -0.2) is 9.59 Å². The van der Waals surface area contributed by atoms with Crippen molar-refractivity contribution >= 4 is 12.1 Å². The van der Waals surface area contributed by atoms with E-state index in [1.807, 2.05) is 45.0 Å². The predicted octanol–water partition coefficient (Wildman–Crippen LogP) is 1.88. The molecule has 0 bridgehead atoms. The van der Waals surface area contributed by atoms with Gasteiger partial charge in [-0.2, -0.15) is 0 Å². The molecule has 0 spiro atoms. The van der Waals surface area contributed by atoms with Gasteiger partial charge in [0.25, 0.3) is 0 Å². The molecule has 110 valence electrons. The first-order valence-corrected chi connectivity index (χ1v) is 6.34. The molecule has 0 saturated carbocycles. The van der Waals surface area contributed by atoms with E-state index in [9.17, 15) is 9.59 Å². The molecule has 0 aromatic heterocycles. The zero-order valence-electron chi connectivity index (χ0n) is 12.0. The van der Waals surface area contributed by atoms with Crippen molar-refractivity contribution in [2.24, 2.45) is 5.73 Å². The Labute approximate surface area is 118 Å². The number of benzene rings is 1. The lowest BCUT2D eigenvalue weighted by atomic mass is 10.1. The van der Waals surface area contributed by atoms with Gasteiger partial charge in [0.1, 0.15) is 5.60 Å². The summed E-state index contributed by atoms with van der Waals surface area (Å²) in [5.74, 6) is 0. The van der Waals surface area contributed by atoms with Crippen LogP contribution in [0.5, 0.6) is 0 Å². The number of nitrogens with one attached hydrogen (secondary N) is 2. The Balaban J connectivity index is 2.42. The highest BCUT2D eigenvalue weighted by Crippen LogP contribution is 2.08. The van der Waals surface area contributed by atoms with Crippen LogP contribution in [0.15, 0.2) is 24.3 Å². The first-order chi connectivity index (χ1) is 9.26. The number of ether oxygens (including phenoxy) is 1. The predicted molar refractivity (Wildman–Crippen MR) is 75.9 cm³/mol. The summed E-state index contributed by atoms with van der Waals surface area (Å²) in [5, 5.41) is 5.18. The zero-order valence-corrected chi connectivity index (χ0v) is 12.0. The molecule has 0 aliphatic carbocycles. The average molecular weight is 279 g/mol. The molecule has 0 aliphatic rings. The standard InChI is InChI=1S/C14H21N3O3/c1-14(2,3)20-13(19)17-9-11-6-4-10(5-7-11)8-16-12(15)18/h4-7H,8-9H2,1-3H3,(H,17,19)(H3,15,16,18). The van der Waals surface area contributed by atoms with Crippen LogP contribution in [0.4, 0.5) is 9.59 Å². The highest BCUT2D eigenvalue weighted by atomic mass is 16.6. The molecular weight excluding hydrogens is 258 g/mol. The van der Waals surface area contributed by atoms with Crippen molar-refractivity contribution in [3.8, 4) is 0 Å². The maximum atomic E-state index is 11.5. The fraction of sp³-hybridized carbons (Fsp3) is 0.429. The number of amides is 3. The van der Waals surface area contributed by atoms with E-state index in [1.54, 1.807) is 0 Å². The van der Waals surface area contributed by atoms with E-state index < -0.39 is 17.7 Å². The van der Waals surface area contributed by atoms with Crippen LogP contribution < -0.4 is 16.4 Å². The average Bonchev–Trinajstić information content (AvgIpc) is 2.33. The minimum atomic E-state index is -0.555. The van der Waals surface area contributed by atoms with Crippen LogP contribution in [0, 0.1) is 0 Å². The molecule has 1 aromatic carbocycles. The van der Waals surface area contributed by atoms with Crippen molar-refractivity contribution in [3.05, 3.63) is 35.4 Å². The molecule has 6 nitrogen and oxygen atoms in total. The first-order valence-electron chi connectivity index (χ1n) is 6.34. The normalized spacial score (nSPS) is 10.8. The number of nitrogens with two attached hydrogens (primary N) is 1. The monoisotopic (exact) mass is 279 g/mol. The molecule has 0 atom stereocenters. The van der Waals surface area contributed by atoms with Crippen molar-refractivity contribution < 1.29 is 14.3 Å². The van der Waals surface area contributed by atoms with Gasteiger partial charge in [-0.05, 0) is 31.9 Å². The fourth-order valence-corrected chi connectivity index (χ4v) is 1.45. The zero-order chi connectivity index (χ0) is 15.2. The molecule has 0 heterocycles. The Morgan fingerprint density at radius 1 is 1.05 bits per heavy atom. The van der Waals surface area contributed by atoms with Crippen molar-refractivity contribution in [1.29, 1.82) is 0 Å². The lowest BCUT2D eigenvalue weighted by molar-refractivity contribution is 0.0523. The molecule has 1 rings (SSSR count). The third kappa shape index (κ3) is 6.63. The van der Waals surface area contributed by atoms with Gasteiger partial charge in [-0.1, -0.05) is 24.3 Å². The number of hydrogen-bond donors (Lipinski definition) is 3. The molecule has 0 unspecified atom stereocenters. The van der Waals surface area contributed by atoms with Crippen LogP contribution in [0.2, 0.25) is 0 Å². The van der Waals surface area contributed by atoms with Gasteiger partial charge < -0.3 is 21.1 Å². The van der Waals surface area contributed by atoms with Crippen LogP contribution >= 0.6 is 0 Å². The minimum Gasteiger partial charge on any atom is -0.444 e. The molecular formula is C14H21N3O3. The quantitative estimate of drug-likeness (QED) is 0.785. The maximum absolute atomic E-state index is 11.5. The molecule has 1 aromatic rings. The number of hydrogen-bond acceptors (Lipinski definition) is 3. The van der Waals surface area contributed by atoms with Crippen molar-refractivity contribution in [2.75, 3.05) is 0 Å². The second-order valence-electron chi connectivity index (χ2n) is 5.39. The topological polar surface area (TPSA) is 93.4 Å². The minimum absolute atomic E-state index is 0.384. The lowest BCUT2D eigenvalue weighted by Crippen LogP contribution is -2.32. The van der Waals surface area contributed by atoms with E-state index in [2.05, 4.69) is 10.6 Å². The van der Waals surface area contributed by atoms with E-state index in [0.29, 0.717) is 13.1 Å². The van der Waals surface area contributed by atoms with Gasteiger partial charge in [0.15, 0.2) is 0 Å². The van der Waals surface area contributed by atoms with Gasteiger partial charge >= 0.3 is 12.1 Å². The van der Waals surface area contributed by atoms with Crippen LogP contribution in [0.25, 0.3) is 0 Å². The number of rotatable bonds is 4. The van der Waals surface area contributed by atoms with Crippen LogP contribution in [-0.4, -0.2) is 17.7 Å². The third-order valence-corrected chi connectivity index (χ3v) is 2.33. The van der Waals surface area contributed by atoms with E-state index >= 15 is 0 Å². The molecule has 0 aliphatic heterocycles. The number of carbonyl (C=O) groups is 2. The molecule has 0 fully saturated rings. The summed E-state index contributed by atoms with van der Waals surface area (Å²) in [7, 11) is 0. The summed E-state index contributed by atoms with van der Waals surface area (Å²) < 4.78 is 5.14. The SMILES string of the molecule is CC(C)(C)OC(=O)NCc1ccc(CNC(N)=O)cc1. The molecule has 0 radical (unpaired) electrons. The van der Waals surface area contributed by atoms with E-state index in [1.165, 1.54) is 0 Å². The second-order valence-corrected chi connectivity index (χ2v) is 5.39. The van der Waals surface area contributed by atoms with Gasteiger partial charge in [-0.3, -0.25) is 0 Å². The largest absolute Gasteiger partial charge is 0.444 e. The Morgan fingerprint density at radius 3 is 1.90 bits per heavy atom. The molecule has 4 N–H and O–H groups in total. The fourth-order valence-electron chi connectivity index (χ4n) is 1.45. The number of carbonyl (C=O) groups excluding carboxylic acids is 2. The summed E-state index contributed by atoms with van der Waals surface area (Å²) in [6, 6.07) is 6.91. The first kappa shape index (κ1) is 15.8. The summed E-state index contributed by atoms with van der Waals surface area (Å²) in [6.07, 6.45) is -0.447. The molecule has 3 amide bonds. The highest BCUT2D eigenvalue weighted by molar-refractivity contribution is 5.71. The Morgan fingerprint density at radius 2 is 1.50 bits per heavy atom. The number of primary amides is 1. The van der Waals surface area contributed by atoms with E-state index in [-0.39, 0.29) is 0 Å². The molecule has 20 heavy (non-hydrogen) atoms. The molecule has 0 saturated heterocycles. The second kappa shape index (κ2) is 6.79. The highest BCUT2D eigenvalue weighted by Gasteiger charge is 2.15. The van der Waals surface area contributed by atoms with Crippen LogP contribution in [0.3, 0.4) is 0 Å².